The van der Waals surface area contributed by atoms with Crippen molar-refractivity contribution < 1.29 is 18.0 Å². The summed E-state index contributed by atoms with van der Waals surface area (Å²) in [6, 6.07) is 0. The molecule has 0 bridgehead atoms. The van der Waals surface area contributed by atoms with E-state index in [1.165, 1.54) is 0 Å². The zero-order valence-electron chi connectivity index (χ0n) is 10.0. The zero-order chi connectivity index (χ0) is 14.5. The maximum absolute atomic E-state index is 12.4. The minimum absolute atomic E-state index is 0.0277. The van der Waals surface area contributed by atoms with Crippen molar-refractivity contribution in [3.8, 4) is 0 Å². The molecule has 108 valence electrons. The molecule has 0 aliphatic heterocycles. The number of amides is 1. The molecule has 0 unspecified atom stereocenters. The van der Waals surface area contributed by atoms with Gasteiger partial charge in [0.2, 0.25) is 5.91 Å². The molecule has 0 aliphatic rings. The summed E-state index contributed by atoms with van der Waals surface area (Å²) in [5, 5.41) is 5.42. The van der Waals surface area contributed by atoms with Crippen LogP contribution in [0.4, 0.5) is 13.2 Å². The number of carbonyl (C=O) groups is 1. The predicted octanol–water partition coefficient (Wildman–Crippen LogP) is 1.41. The fourth-order valence-corrected chi connectivity index (χ4v) is 1.60. The van der Waals surface area contributed by atoms with E-state index in [9.17, 15) is 18.0 Å². The van der Waals surface area contributed by atoms with E-state index in [-0.39, 0.29) is 18.9 Å². The average Bonchev–Trinajstić information content (AvgIpc) is 2.68. The molecule has 0 radical (unpaired) electrons. The Kier molecular flexibility index (Phi) is 5.61. The normalized spacial score (nSPS) is 11.6. The number of rotatable bonds is 6. The first kappa shape index (κ1) is 15.8. The molecule has 0 aromatic carbocycles. The van der Waals surface area contributed by atoms with Gasteiger partial charge in [-0.05, 0) is 13.0 Å². The van der Waals surface area contributed by atoms with Gasteiger partial charge >= 0.3 is 6.18 Å². The third-order valence-corrected chi connectivity index (χ3v) is 2.53. The molecule has 1 amide bonds. The van der Waals surface area contributed by atoms with Gasteiger partial charge in [0.1, 0.15) is 0 Å². The SMILES string of the molecule is NCCCNC(=O)CCn1cc(Cl)c(C(F)(F)F)n1. The molecule has 0 saturated carbocycles. The molecule has 5 nitrogen and oxygen atoms in total. The molecule has 0 atom stereocenters. The van der Waals surface area contributed by atoms with Gasteiger partial charge in [0.15, 0.2) is 5.69 Å². The van der Waals surface area contributed by atoms with Crippen LogP contribution in [-0.4, -0.2) is 28.8 Å². The lowest BCUT2D eigenvalue weighted by atomic mass is 10.3. The van der Waals surface area contributed by atoms with E-state index in [1.807, 2.05) is 0 Å². The lowest BCUT2D eigenvalue weighted by molar-refractivity contribution is -0.141. The van der Waals surface area contributed by atoms with Crippen LogP contribution in [0, 0.1) is 0 Å². The van der Waals surface area contributed by atoms with Crippen molar-refractivity contribution in [3.05, 3.63) is 16.9 Å². The van der Waals surface area contributed by atoms with Crippen LogP contribution in [-0.2, 0) is 17.5 Å². The van der Waals surface area contributed by atoms with Gasteiger partial charge in [-0.25, -0.2) is 0 Å². The van der Waals surface area contributed by atoms with Crippen molar-refractivity contribution in [3.63, 3.8) is 0 Å². The van der Waals surface area contributed by atoms with Crippen LogP contribution in [0.2, 0.25) is 5.02 Å². The number of hydrogen-bond donors (Lipinski definition) is 2. The molecule has 0 spiro atoms. The zero-order valence-corrected chi connectivity index (χ0v) is 10.8. The third kappa shape index (κ3) is 5.07. The summed E-state index contributed by atoms with van der Waals surface area (Å²) >= 11 is 5.43. The second kappa shape index (κ2) is 6.76. The topological polar surface area (TPSA) is 72.9 Å². The molecule has 1 rings (SSSR count). The first-order chi connectivity index (χ1) is 8.84. The number of nitrogens with two attached hydrogens (primary N) is 1. The second-order valence-corrected chi connectivity index (χ2v) is 4.24. The van der Waals surface area contributed by atoms with E-state index >= 15 is 0 Å². The summed E-state index contributed by atoms with van der Waals surface area (Å²) in [5.74, 6) is -0.270. The largest absolute Gasteiger partial charge is 0.436 e. The smallest absolute Gasteiger partial charge is 0.356 e. The molecule has 3 N–H and O–H groups in total. The number of nitrogens with one attached hydrogen (secondary N) is 1. The van der Waals surface area contributed by atoms with Gasteiger partial charge in [-0.2, -0.15) is 18.3 Å². The van der Waals surface area contributed by atoms with Crippen molar-refractivity contribution >= 4 is 17.5 Å². The average molecular weight is 299 g/mol. The maximum atomic E-state index is 12.4. The number of carbonyl (C=O) groups excluding carboxylic acids is 1. The highest BCUT2D eigenvalue weighted by atomic mass is 35.5. The predicted molar refractivity (Wildman–Crippen MR) is 63.5 cm³/mol. The minimum atomic E-state index is -4.59. The first-order valence-corrected chi connectivity index (χ1v) is 5.99. The quantitative estimate of drug-likeness (QED) is 0.780. The number of aryl methyl sites for hydroxylation is 1. The summed E-state index contributed by atoms with van der Waals surface area (Å²) in [5.41, 5.74) is 4.11. The number of aromatic nitrogens is 2. The molecule has 19 heavy (non-hydrogen) atoms. The Hall–Kier alpha value is -1.28. The summed E-state index contributed by atoms with van der Waals surface area (Å²) < 4.78 is 38.3. The monoisotopic (exact) mass is 298 g/mol. The standard InChI is InChI=1S/C10H14ClF3N4O/c11-7-6-18(17-9(7)10(12,13)14)5-2-8(19)16-4-1-3-15/h6H,1-5,15H2,(H,16,19). The molecule has 0 saturated heterocycles. The summed E-state index contributed by atoms with van der Waals surface area (Å²) in [6.45, 7) is 0.942. The summed E-state index contributed by atoms with van der Waals surface area (Å²) in [7, 11) is 0. The van der Waals surface area contributed by atoms with Crippen LogP contribution in [0.25, 0.3) is 0 Å². The third-order valence-electron chi connectivity index (χ3n) is 2.26. The van der Waals surface area contributed by atoms with E-state index in [4.69, 9.17) is 17.3 Å². The number of nitrogens with zero attached hydrogens (tertiary/aromatic N) is 2. The summed E-state index contributed by atoms with van der Waals surface area (Å²) in [4.78, 5) is 11.3. The number of alkyl halides is 3. The van der Waals surface area contributed by atoms with E-state index in [0.29, 0.717) is 19.5 Å². The highest BCUT2D eigenvalue weighted by Crippen LogP contribution is 2.33. The van der Waals surface area contributed by atoms with Crippen molar-refractivity contribution in [2.24, 2.45) is 5.73 Å². The molecule has 1 aromatic rings. The van der Waals surface area contributed by atoms with Gasteiger partial charge in [0, 0.05) is 25.7 Å². The van der Waals surface area contributed by atoms with Crippen molar-refractivity contribution in [2.45, 2.75) is 25.6 Å². The van der Waals surface area contributed by atoms with Crippen molar-refractivity contribution in [2.75, 3.05) is 13.1 Å². The fraction of sp³-hybridized carbons (Fsp3) is 0.600. The van der Waals surface area contributed by atoms with Gasteiger partial charge in [0.25, 0.3) is 0 Å². The van der Waals surface area contributed by atoms with Crippen molar-refractivity contribution in [1.29, 1.82) is 0 Å². The molecular weight excluding hydrogens is 285 g/mol. The molecular formula is C10H14ClF3N4O. The van der Waals surface area contributed by atoms with Crippen LogP contribution in [0.15, 0.2) is 6.20 Å². The Bertz CT molecular complexity index is 433. The Morgan fingerprint density at radius 2 is 2.21 bits per heavy atom. The van der Waals surface area contributed by atoms with Crippen LogP contribution in [0.5, 0.6) is 0 Å². The molecule has 0 aliphatic carbocycles. The van der Waals surface area contributed by atoms with E-state index in [2.05, 4.69) is 10.4 Å². The Labute approximate surface area is 112 Å². The Balaban J connectivity index is 2.48. The van der Waals surface area contributed by atoms with Crippen LogP contribution in [0.1, 0.15) is 18.5 Å². The molecule has 1 heterocycles. The van der Waals surface area contributed by atoms with Gasteiger partial charge in [0.05, 0.1) is 5.02 Å². The van der Waals surface area contributed by atoms with E-state index < -0.39 is 16.9 Å². The van der Waals surface area contributed by atoms with E-state index in [0.717, 1.165) is 10.9 Å². The van der Waals surface area contributed by atoms with Crippen molar-refractivity contribution in [1.82, 2.24) is 15.1 Å². The molecule has 9 heteroatoms. The first-order valence-electron chi connectivity index (χ1n) is 5.61. The number of hydrogen-bond acceptors (Lipinski definition) is 3. The molecule has 0 fully saturated rings. The fourth-order valence-electron chi connectivity index (χ4n) is 1.34. The highest BCUT2D eigenvalue weighted by molar-refractivity contribution is 6.31. The van der Waals surface area contributed by atoms with Crippen LogP contribution >= 0.6 is 11.6 Å². The van der Waals surface area contributed by atoms with E-state index in [1.54, 1.807) is 0 Å². The second-order valence-electron chi connectivity index (χ2n) is 3.83. The highest BCUT2D eigenvalue weighted by Gasteiger charge is 2.36. The number of halogens is 4. The van der Waals surface area contributed by atoms with Crippen LogP contribution < -0.4 is 11.1 Å². The van der Waals surface area contributed by atoms with Crippen LogP contribution in [0.3, 0.4) is 0 Å². The van der Waals surface area contributed by atoms with Gasteiger partial charge < -0.3 is 11.1 Å². The maximum Gasteiger partial charge on any atom is 0.436 e. The Morgan fingerprint density at radius 3 is 2.74 bits per heavy atom. The van der Waals surface area contributed by atoms with Gasteiger partial charge in [-0.1, -0.05) is 11.6 Å². The van der Waals surface area contributed by atoms with Gasteiger partial charge in [-0.3, -0.25) is 9.48 Å². The molecule has 1 aromatic heterocycles. The lowest BCUT2D eigenvalue weighted by Gasteiger charge is -2.04. The Morgan fingerprint density at radius 1 is 1.53 bits per heavy atom. The lowest BCUT2D eigenvalue weighted by Crippen LogP contribution is -2.26. The van der Waals surface area contributed by atoms with Gasteiger partial charge in [-0.15, -0.1) is 0 Å². The minimum Gasteiger partial charge on any atom is -0.356 e. The summed E-state index contributed by atoms with van der Waals surface area (Å²) in [6.07, 6.45) is -2.86.